The van der Waals surface area contributed by atoms with Crippen LogP contribution in [0.2, 0.25) is 0 Å². The van der Waals surface area contributed by atoms with Crippen LogP contribution >= 0.6 is 15.9 Å². The number of anilines is 1. The van der Waals surface area contributed by atoms with Gasteiger partial charge in [0.25, 0.3) is 0 Å². The molecule has 1 saturated heterocycles. The van der Waals surface area contributed by atoms with Gasteiger partial charge >= 0.3 is 0 Å². The van der Waals surface area contributed by atoms with Crippen LogP contribution in [-0.2, 0) is 0 Å². The molecular weight excluding hydrogens is 278 g/mol. The Morgan fingerprint density at radius 2 is 2.35 bits per heavy atom. The summed E-state index contributed by atoms with van der Waals surface area (Å²) in [7, 11) is 0. The van der Waals surface area contributed by atoms with Crippen LogP contribution in [0, 0.1) is 12.8 Å². The summed E-state index contributed by atoms with van der Waals surface area (Å²) in [6.07, 6.45) is 4.10. The Labute approximate surface area is 112 Å². The number of aryl methyl sites for hydroxylation is 1. The number of aromatic nitrogens is 1. The number of hydrogen-bond acceptors (Lipinski definition) is 3. The van der Waals surface area contributed by atoms with Crippen LogP contribution in [0.4, 0.5) is 5.82 Å². The van der Waals surface area contributed by atoms with Crippen molar-refractivity contribution in [1.29, 1.82) is 0 Å². The third kappa shape index (κ3) is 2.80. The van der Waals surface area contributed by atoms with Crippen molar-refractivity contribution in [1.82, 2.24) is 4.98 Å². The molecule has 1 aliphatic rings. The van der Waals surface area contributed by atoms with Crippen molar-refractivity contribution in [2.75, 3.05) is 18.0 Å². The summed E-state index contributed by atoms with van der Waals surface area (Å²) in [5.41, 5.74) is 7.36. The van der Waals surface area contributed by atoms with Gasteiger partial charge in [-0.05, 0) is 46.8 Å². The summed E-state index contributed by atoms with van der Waals surface area (Å²) in [4.78, 5) is 6.85. The maximum Gasteiger partial charge on any atom is 0.128 e. The first kappa shape index (κ1) is 12.8. The lowest BCUT2D eigenvalue weighted by atomic mass is 9.91. The molecule has 0 bridgehead atoms. The van der Waals surface area contributed by atoms with Gasteiger partial charge in [-0.2, -0.15) is 0 Å². The molecule has 2 heterocycles. The van der Waals surface area contributed by atoms with E-state index in [1.807, 2.05) is 6.20 Å². The lowest BCUT2D eigenvalue weighted by Crippen LogP contribution is -2.47. The van der Waals surface area contributed by atoms with Gasteiger partial charge in [-0.1, -0.05) is 13.3 Å². The second kappa shape index (κ2) is 5.36. The molecule has 3 nitrogen and oxygen atoms in total. The molecule has 2 N–H and O–H groups in total. The van der Waals surface area contributed by atoms with Crippen LogP contribution < -0.4 is 10.6 Å². The second-order valence-electron chi connectivity index (χ2n) is 4.86. The molecule has 1 aromatic rings. The van der Waals surface area contributed by atoms with Crippen molar-refractivity contribution < 1.29 is 0 Å². The molecule has 2 unspecified atom stereocenters. The van der Waals surface area contributed by atoms with E-state index in [-0.39, 0.29) is 0 Å². The predicted octanol–water partition coefficient (Wildman–Crippen LogP) is 2.72. The minimum absolute atomic E-state index is 0.354. The zero-order chi connectivity index (χ0) is 12.4. The van der Waals surface area contributed by atoms with Gasteiger partial charge < -0.3 is 10.6 Å². The Morgan fingerprint density at radius 3 is 3.00 bits per heavy atom. The number of nitrogens with two attached hydrogens (primary N) is 1. The smallest absolute Gasteiger partial charge is 0.128 e. The quantitative estimate of drug-likeness (QED) is 0.913. The molecule has 0 radical (unpaired) electrons. The van der Waals surface area contributed by atoms with Gasteiger partial charge in [0, 0.05) is 29.8 Å². The van der Waals surface area contributed by atoms with E-state index >= 15 is 0 Å². The largest absolute Gasteiger partial charge is 0.356 e. The monoisotopic (exact) mass is 297 g/mol. The first-order valence-corrected chi connectivity index (χ1v) is 7.03. The van der Waals surface area contributed by atoms with Crippen LogP contribution in [0.5, 0.6) is 0 Å². The number of nitrogens with zero attached hydrogens (tertiary/aromatic N) is 2. The Morgan fingerprint density at radius 1 is 1.59 bits per heavy atom. The van der Waals surface area contributed by atoms with Gasteiger partial charge in [0.15, 0.2) is 0 Å². The maximum atomic E-state index is 6.13. The van der Waals surface area contributed by atoms with E-state index < -0.39 is 0 Å². The lowest BCUT2D eigenvalue weighted by molar-refractivity contribution is 0.347. The minimum Gasteiger partial charge on any atom is -0.356 e. The summed E-state index contributed by atoms with van der Waals surface area (Å²) in [5.74, 6) is 1.67. The first-order chi connectivity index (χ1) is 8.11. The number of piperidine rings is 1. The fourth-order valence-corrected chi connectivity index (χ4v) is 2.60. The van der Waals surface area contributed by atoms with Gasteiger partial charge in [-0.3, -0.25) is 0 Å². The van der Waals surface area contributed by atoms with Crippen LogP contribution in [-0.4, -0.2) is 24.1 Å². The molecule has 1 aromatic heterocycles. The van der Waals surface area contributed by atoms with Crippen LogP contribution in [0.15, 0.2) is 16.7 Å². The third-order valence-electron chi connectivity index (χ3n) is 3.67. The molecule has 2 rings (SSSR count). The van der Waals surface area contributed by atoms with E-state index in [2.05, 4.69) is 45.7 Å². The molecule has 0 spiro atoms. The summed E-state index contributed by atoms with van der Waals surface area (Å²) < 4.78 is 1.07. The Bertz CT molecular complexity index is 394. The molecular formula is C13H20BrN3. The lowest BCUT2D eigenvalue weighted by Gasteiger charge is -2.37. The van der Waals surface area contributed by atoms with Crippen LogP contribution in [0.1, 0.15) is 25.3 Å². The van der Waals surface area contributed by atoms with E-state index in [0.717, 1.165) is 36.2 Å². The highest BCUT2D eigenvalue weighted by molar-refractivity contribution is 9.10. The average Bonchev–Trinajstić information content (AvgIpc) is 2.33. The molecule has 4 heteroatoms. The normalized spacial score (nSPS) is 25.1. The standard InChI is InChI=1S/C13H20BrN3/c1-3-10-8-17(5-4-12(10)15)13-6-9(2)11(14)7-16-13/h6-7,10,12H,3-5,8,15H2,1-2H3. The number of rotatable bonds is 2. The fourth-order valence-electron chi connectivity index (χ4n) is 2.39. The highest BCUT2D eigenvalue weighted by Gasteiger charge is 2.25. The van der Waals surface area contributed by atoms with Crippen molar-refractivity contribution in [3.63, 3.8) is 0 Å². The molecule has 0 aliphatic carbocycles. The maximum absolute atomic E-state index is 6.13. The van der Waals surface area contributed by atoms with Crippen molar-refractivity contribution in [2.45, 2.75) is 32.7 Å². The van der Waals surface area contributed by atoms with E-state index in [4.69, 9.17) is 5.73 Å². The second-order valence-corrected chi connectivity index (χ2v) is 5.71. The van der Waals surface area contributed by atoms with Crippen molar-refractivity contribution >= 4 is 21.7 Å². The summed E-state index contributed by atoms with van der Waals surface area (Å²) in [5, 5.41) is 0. The molecule has 0 amide bonds. The highest BCUT2D eigenvalue weighted by Crippen LogP contribution is 2.25. The van der Waals surface area contributed by atoms with Gasteiger partial charge in [-0.25, -0.2) is 4.98 Å². The van der Waals surface area contributed by atoms with Gasteiger partial charge in [0.2, 0.25) is 0 Å². The summed E-state index contributed by atoms with van der Waals surface area (Å²) in [6.45, 7) is 6.37. The Balaban J connectivity index is 2.14. The SMILES string of the molecule is CCC1CN(c2cc(C)c(Br)cn2)CCC1N. The van der Waals surface area contributed by atoms with E-state index in [0.29, 0.717) is 12.0 Å². The van der Waals surface area contributed by atoms with Gasteiger partial charge in [0.05, 0.1) is 0 Å². The third-order valence-corrected chi connectivity index (χ3v) is 4.50. The van der Waals surface area contributed by atoms with Gasteiger partial charge in [-0.15, -0.1) is 0 Å². The zero-order valence-electron chi connectivity index (χ0n) is 10.5. The van der Waals surface area contributed by atoms with Crippen molar-refractivity contribution in [3.05, 3.63) is 22.3 Å². The topological polar surface area (TPSA) is 42.2 Å². The zero-order valence-corrected chi connectivity index (χ0v) is 12.1. The van der Waals surface area contributed by atoms with E-state index in [1.165, 1.54) is 5.56 Å². The summed E-state index contributed by atoms with van der Waals surface area (Å²) >= 11 is 3.49. The van der Waals surface area contributed by atoms with E-state index in [1.54, 1.807) is 0 Å². The van der Waals surface area contributed by atoms with Gasteiger partial charge in [0.1, 0.15) is 5.82 Å². The molecule has 17 heavy (non-hydrogen) atoms. The summed E-state index contributed by atoms with van der Waals surface area (Å²) in [6, 6.07) is 2.50. The molecule has 2 atom stereocenters. The Kier molecular flexibility index (Phi) is 4.05. The Hall–Kier alpha value is -0.610. The molecule has 94 valence electrons. The predicted molar refractivity (Wildman–Crippen MR) is 75.3 cm³/mol. The molecule has 0 saturated carbocycles. The van der Waals surface area contributed by atoms with Crippen molar-refractivity contribution in [3.8, 4) is 0 Å². The van der Waals surface area contributed by atoms with Crippen LogP contribution in [0.3, 0.4) is 0 Å². The van der Waals surface area contributed by atoms with Crippen molar-refractivity contribution in [2.24, 2.45) is 11.7 Å². The number of pyridine rings is 1. The number of hydrogen-bond donors (Lipinski definition) is 1. The molecule has 1 aliphatic heterocycles. The highest BCUT2D eigenvalue weighted by atomic mass is 79.9. The minimum atomic E-state index is 0.354. The average molecular weight is 298 g/mol. The van der Waals surface area contributed by atoms with E-state index in [9.17, 15) is 0 Å². The molecule has 1 fully saturated rings. The number of halogens is 1. The van der Waals surface area contributed by atoms with Crippen LogP contribution in [0.25, 0.3) is 0 Å². The fraction of sp³-hybridized carbons (Fsp3) is 0.615. The molecule has 0 aromatic carbocycles. The first-order valence-electron chi connectivity index (χ1n) is 6.24.